The fourth-order valence-corrected chi connectivity index (χ4v) is 2.54. The smallest absolute Gasteiger partial charge is 0.279 e. The molecule has 0 aliphatic carbocycles. The zero-order valence-corrected chi connectivity index (χ0v) is 14.1. The summed E-state index contributed by atoms with van der Waals surface area (Å²) in [6.45, 7) is 2.61. The number of rotatable bonds is 5. The molecule has 0 saturated heterocycles. The van der Waals surface area contributed by atoms with Gasteiger partial charge in [-0.25, -0.2) is 0 Å². The van der Waals surface area contributed by atoms with E-state index >= 15 is 0 Å². The van der Waals surface area contributed by atoms with E-state index in [9.17, 15) is 9.90 Å². The Balaban J connectivity index is 1.81. The van der Waals surface area contributed by atoms with Gasteiger partial charge in [0.1, 0.15) is 11.5 Å². The third-order valence-electron chi connectivity index (χ3n) is 3.86. The summed E-state index contributed by atoms with van der Waals surface area (Å²) in [6, 6.07) is 12.4. The van der Waals surface area contributed by atoms with Crippen LogP contribution < -0.4 is 9.64 Å². The van der Waals surface area contributed by atoms with E-state index in [0.29, 0.717) is 17.9 Å². The summed E-state index contributed by atoms with van der Waals surface area (Å²) in [5.74, 6) is 0.447. The summed E-state index contributed by atoms with van der Waals surface area (Å²) in [6.07, 6.45) is 2.31. The molecule has 6 heteroatoms. The van der Waals surface area contributed by atoms with Gasteiger partial charge in [-0.2, -0.15) is 5.10 Å². The minimum Gasteiger partial charge on any atom is -0.507 e. The molecule has 0 radical (unpaired) electrons. The van der Waals surface area contributed by atoms with Crippen LogP contribution in [0.15, 0.2) is 52.7 Å². The normalized spacial score (nSPS) is 15.2. The van der Waals surface area contributed by atoms with Crippen LogP contribution in [-0.4, -0.2) is 36.6 Å². The van der Waals surface area contributed by atoms with Gasteiger partial charge >= 0.3 is 0 Å². The highest BCUT2D eigenvalue weighted by Gasteiger charge is 2.30. The second-order valence-corrected chi connectivity index (χ2v) is 5.64. The number of phenolic OH excluding ortho intramolecular Hbond substituents is 1. The summed E-state index contributed by atoms with van der Waals surface area (Å²) >= 11 is 0. The van der Waals surface area contributed by atoms with Gasteiger partial charge < -0.3 is 14.7 Å². The SMILES string of the molecule is CCCOc1ccc(/C=N/N=C2\C(=O)N(C)c3ccccc32)c(O)c1. The number of para-hydroxylation sites is 1. The number of hydrogen-bond donors (Lipinski definition) is 1. The minimum absolute atomic E-state index is 0.0489. The van der Waals surface area contributed by atoms with Gasteiger partial charge in [0.15, 0.2) is 5.71 Å². The highest BCUT2D eigenvalue weighted by Crippen LogP contribution is 2.27. The number of benzene rings is 2. The van der Waals surface area contributed by atoms with Crippen LogP contribution in [-0.2, 0) is 4.79 Å². The molecular formula is C19H19N3O3. The molecular weight excluding hydrogens is 318 g/mol. The van der Waals surface area contributed by atoms with Crippen molar-refractivity contribution in [3.63, 3.8) is 0 Å². The van der Waals surface area contributed by atoms with Crippen molar-refractivity contribution in [2.45, 2.75) is 13.3 Å². The van der Waals surface area contributed by atoms with E-state index in [0.717, 1.165) is 17.7 Å². The quantitative estimate of drug-likeness (QED) is 0.673. The third kappa shape index (κ3) is 3.38. The van der Waals surface area contributed by atoms with Gasteiger partial charge in [0.05, 0.1) is 18.5 Å². The summed E-state index contributed by atoms with van der Waals surface area (Å²) in [5, 5.41) is 18.1. The molecule has 1 aliphatic rings. The van der Waals surface area contributed by atoms with Crippen LogP contribution in [0.2, 0.25) is 0 Å². The molecule has 0 atom stereocenters. The lowest BCUT2D eigenvalue weighted by atomic mass is 10.1. The summed E-state index contributed by atoms with van der Waals surface area (Å²) < 4.78 is 5.46. The lowest BCUT2D eigenvalue weighted by Gasteiger charge is -2.07. The predicted molar refractivity (Wildman–Crippen MR) is 97.9 cm³/mol. The van der Waals surface area contributed by atoms with Gasteiger partial charge in [0, 0.05) is 24.2 Å². The van der Waals surface area contributed by atoms with Crippen molar-refractivity contribution in [2.75, 3.05) is 18.6 Å². The van der Waals surface area contributed by atoms with E-state index in [2.05, 4.69) is 10.2 Å². The number of amides is 1. The second-order valence-electron chi connectivity index (χ2n) is 5.64. The van der Waals surface area contributed by atoms with Crippen LogP contribution in [0.5, 0.6) is 11.5 Å². The Morgan fingerprint density at radius 2 is 2.04 bits per heavy atom. The highest BCUT2D eigenvalue weighted by atomic mass is 16.5. The van der Waals surface area contributed by atoms with Gasteiger partial charge in [-0.3, -0.25) is 4.79 Å². The van der Waals surface area contributed by atoms with E-state index in [4.69, 9.17) is 4.74 Å². The first-order valence-electron chi connectivity index (χ1n) is 8.06. The molecule has 0 spiro atoms. The Labute approximate surface area is 146 Å². The molecule has 2 aromatic carbocycles. The Hall–Kier alpha value is -3.15. The van der Waals surface area contributed by atoms with Crippen molar-refractivity contribution in [1.82, 2.24) is 0 Å². The number of carbonyl (C=O) groups excluding carboxylic acids is 1. The molecule has 1 heterocycles. The van der Waals surface area contributed by atoms with Gasteiger partial charge in [-0.1, -0.05) is 25.1 Å². The largest absolute Gasteiger partial charge is 0.507 e. The molecule has 1 N–H and O–H groups in total. The second kappa shape index (κ2) is 7.17. The van der Waals surface area contributed by atoms with E-state index in [1.165, 1.54) is 12.3 Å². The lowest BCUT2D eigenvalue weighted by molar-refractivity contribution is -0.111. The average Bonchev–Trinajstić information content (AvgIpc) is 2.86. The number of aromatic hydroxyl groups is 1. The number of phenols is 1. The van der Waals surface area contributed by atoms with Crippen molar-refractivity contribution in [1.29, 1.82) is 0 Å². The number of hydrogen-bond acceptors (Lipinski definition) is 5. The van der Waals surface area contributed by atoms with Gasteiger partial charge in [-0.05, 0) is 24.6 Å². The van der Waals surface area contributed by atoms with E-state index in [1.807, 2.05) is 31.2 Å². The van der Waals surface area contributed by atoms with Gasteiger partial charge in [0.25, 0.3) is 5.91 Å². The first-order chi connectivity index (χ1) is 12.1. The maximum atomic E-state index is 12.3. The van der Waals surface area contributed by atoms with Crippen LogP contribution in [0.4, 0.5) is 5.69 Å². The summed E-state index contributed by atoms with van der Waals surface area (Å²) in [7, 11) is 1.70. The zero-order valence-electron chi connectivity index (χ0n) is 14.1. The first-order valence-corrected chi connectivity index (χ1v) is 8.06. The van der Waals surface area contributed by atoms with Crippen LogP contribution in [0.1, 0.15) is 24.5 Å². The molecule has 3 rings (SSSR count). The molecule has 1 amide bonds. The molecule has 0 unspecified atom stereocenters. The zero-order chi connectivity index (χ0) is 17.8. The number of nitrogens with zero attached hydrogens (tertiary/aromatic N) is 3. The number of likely N-dealkylation sites (N-methyl/N-ethyl adjacent to an activating group) is 1. The standard InChI is InChI=1S/C19H19N3O3/c1-3-10-25-14-9-8-13(17(23)11-14)12-20-21-18-15-6-4-5-7-16(15)22(2)19(18)24/h4-9,11-12,23H,3,10H2,1-2H3/b20-12+,21-18-. The van der Waals surface area contributed by atoms with Crippen LogP contribution in [0.25, 0.3) is 0 Å². The third-order valence-corrected chi connectivity index (χ3v) is 3.86. The number of carbonyl (C=O) groups is 1. The Kier molecular flexibility index (Phi) is 4.79. The van der Waals surface area contributed by atoms with E-state index < -0.39 is 0 Å². The fraction of sp³-hybridized carbons (Fsp3) is 0.211. The molecule has 0 bridgehead atoms. The van der Waals surface area contributed by atoms with E-state index in [-0.39, 0.29) is 17.4 Å². The Bertz CT molecular complexity index is 859. The monoisotopic (exact) mass is 337 g/mol. The number of ether oxygens (including phenoxy) is 1. The Morgan fingerprint density at radius 1 is 1.24 bits per heavy atom. The van der Waals surface area contributed by atoms with Gasteiger partial charge in [-0.15, -0.1) is 5.10 Å². The van der Waals surface area contributed by atoms with Crippen LogP contribution in [0, 0.1) is 0 Å². The Morgan fingerprint density at radius 3 is 2.80 bits per heavy atom. The molecule has 1 aliphatic heterocycles. The van der Waals surface area contributed by atoms with Crippen molar-refractivity contribution in [2.24, 2.45) is 10.2 Å². The van der Waals surface area contributed by atoms with Crippen molar-refractivity contribution >= 4 is 23.5 Å². The molecule has 0 saturated carbocycles. The average molecular weight is 337 g/mol. The number of fused-ring (bicyclic) bond motifs is 1. The predicted octanol–water partition coefficient (Wildman–Crippen LogP) is 2.98. The number of anilines is 1. The molecule has 25 heavy (non-hydrogen) atoms. The molecule has 0 fully saturated rings. The topological polar surface area (TPSA) is 74.5 Å². The van der Waals surface area contributed by atoms with Crippen molar-refractivity contribution in [3.8, 4) is 11.5 Å². The lowest BCUT2D eigenvalue weighted by Crippen LogP contribution is -2.25. The molecule has 0 aromatic heterocycles. The van der Waals surface area contributed by atoms with E-state index in [1.54, 1.807) is 24.1 Å². The first kappa shape index (κ1) is 16.7. The molecule has 6 nitrogen and oxygen atoms in total. The van der Waals surface area contributed by atoms with Crippen molar-refractivity contribution < 1.29 is 14.6 Å². The minimum atomic E-state index is -0.203. The van der Waals surface area contributed by atoms with Gasteiger partial charge in [0.2, 0.25) is 0 Å². The van der Waals surface area contributed by atoms with Crippen molar-refractivity contribution in [3.05, 3.63) is 53.6 Å². The maximum Gasteiger partial charge on any atom is 0.279 e. The highest BCUT2D eigenvalue weighted by molar-refractivity contribution is 6.54. The fourth-order valence-electron chi connectivity index (χ4n) is 2.54. The van der Waals surface area contributed by atoms with Crippen LogP contribution >= 0.6 is 0 Å². The summed E-state index contributed by atoms with van der Waals surface area (Å²) in [5.41, 5.74) is 2.35. The maximum absolute atomic E-state index is 12.3. The molecule has 2 aromatic rings. The van der Waals surface area contributed by atoms with Crippen LogP contribution in [0.3, 0.4) is 0 Å². The summed E-state index contributed by atoms with van der Waals surface area (Å²) in [4.78, 5) is 13.8. The molecule has 128 valence electrons.